The van der Waals surface area contributed by atoms with Crippen molar-refractivity contribution in [2.75, 3.05) is 23.9 Å². The lowest BCUT2D eigenvalue weighted by Crippen LogP contribution is -2.12. The van der Waals surface area contributed by atoms with Gasteiger partial charge in [-0.05, 0) is 24.3 Å². The first kappa shape index (κ1) is 17.1. The molecule has 0 unspecified atom stereocenters. The molecule has 1 rings (SSSR count). The Morgan fingerprint density at radius 2 is 2.05 bits per heavy atom. The molecule has 6 heteroatoms. The molecule has 0 aliphatic carbocycles. The van der Waals surface area contributed by atoms with Crippen LogP contribution in [0.4, 0.5) is 5.69 Å². The van der Waals surface area contributed by atoms with Crippen LogP contribution in [-0.4, -0.2) is 30.5 Å². The summed E-state index contributed by atoms with van der Waals surface area (Å²) in [5, 5.41) is 11.7. The summed E-state index contributed by atoms with van der Waals surface area (Å²) in [5.74, 6) is 1.19. The zero-order valence-corrected chi connectivity index (χ0v) is 12.7. The summed E-state index contributed by atoms with van der Waals surface area (Å²) in [6.45, 7) is 0. The van der Waals surface area contributed by atoms with Gasteiger partial charge < -0.3 is 10.1 Å². The number of ether oxygens (including phenoxy) is 1. The minimum absolute atomic E-state index is 0.105. The summed E-state index contributed by atoms with van der Waals surface area (Å²) in [7, 11) is 1.37. The molecule has 0 fully saturated rings. The molecule has 0 aliphatic rings. The van der Waals surface area contributed by atoms with Crippen LogP contribution >= 0.6 is 11.8 Å². The summed E-state index contributed by atoms with van der Waals surface area (Å²) in [6, 6.07) is 8.95. The minimum atomic E-state index is -0.214. The summed E-state index contributed by atoms with van der Waals surface area (Å²) in [6.07, 6.45) is 1.51. The fraction of sp³-hybridized carbons (Fsp3) is 0.400. The normalized spacial score (nSPS) is 9.71. The van der Waals surface area contributed by atoms with Crippen molar-refractivity contribution in [3.05, 3.63) is 29.8 Å². The predicted molar refractivity (Wildman–Crippen MR) is 83.0 cm³/mol. The second-order valence-corrected chi connectivity index (χ2v) is 5.47. The molecule has 0 saturated carbocycles. The number of nitriles is 1. The van der Waals surface area contributed by atoms with E-state index in [-0.39, 0.29) is 11.9 Å². The van der Waals surface area contributed by atoms with Crippen LogP contribution in [0.15, 0.2) is 24.3 Å². The number of hydrogen-bond donors (Lipinski definition) is 1. The van der Waals surface area contributed by atoms with Gasteiger partial charge in [0.25, 0.3) is 0 Å². The van der Waals surface area contributed by atoms with Crippen molar-refractivity contribution < 1.29 is 14.3 Å². The topological polar surface area (TPSA) is 79.2 Å². The molecule has 0 atom stereocenters. The van der Waals surface area contributed by atoms with E-state index in [0.717, 1.165) is 12.2 Å². The standard InChI is InChI=1S/C15H18N2O3S/c1-20-15(19)8-10-21-9-4-7-14(18)17-13-6-3-2-5-12(13)11-16/h2-3,5-6H,4,7-10H2,1H3,(H,17,18). The molecule has 1 N–H and O–H groups in total. The highest BCUT2D eigenvalue weighted by molar-refractivity contribution is 7.99. The first-order valence-electron chi connectivity index (χ1n) is 6.61. The number of para-hydroxylation sites is 1. The lowest BCUT2D eigenvalue weighted by Gasteiger charge is -2.06. The van der Waals surface area contributed by atoms with E-state index >= 15 is 0 Å². The van der Waals surface area contributed by atoms with Crippen LogP contribution in [-0.2, 0) is 14.3 Å². The molecule has 112 valence electrons. The number of thioether (sulfide) groups is 1. The molecule has 0 spiro atoms. The Bertz CT molecular complexity index is 526. The monoisotopic (exact) mass is 306 g/mol. The molecule has 1 aromatic rings. The zero-order valence-electron chi connectivity index (χ0n) is 11.9. The number of rotatable bonds is 8. The van der Waals surface area contributed by atoms with Gasteiger partial charge in [0.05, 0.1) is 24.8 Å². The second kappa shape index (κ2) is 9.83. The maximum Gasteiger partial charge on any atom is 0.306 e. The summed E-state index contributed by atoms with van der Waals surface area (Å²) in [5.41, 5.74) is 1.00. The van der Waals surface area contributed by atoms with Gasteiger partial charge in [0.15, 0.2) is 0 Å². The highest BCUT2D eigenvalue weighted by Gasteiger charge is 2.06. The predicted octanol–water partition coefficient (Wildman–Crippen LogP) is 2.57. The largest absolute Gasteiger partial charge is 0.469 e. The molecule has 5 nitrogen and oxygen atoms in total. The fourth-order valence-electron chi connectivity index (χ4n) is 1.60. The Kier molecular flexibility index (Phi) is 7.99. The highest BCUT2D eigenvalue weighted by Crippen LogP contribution is 2.14. The molecule has 0 aliphatic heterocycles. The second-order valence-electron chi connectivity index (χ2n) is 4.25. The van der Waals surface area contributed by atoms with Gasteiger partial charge in [0, 0.05) is 12.2 Å². The summed E-state index contributed by atoms with van der Waals surface area (Å²) in [4.78, 5) is 22.7. The van der Waals surface area contributed by atoms with E-state index in [4.69, 9.17) is 5.26 Å². The number of nitrogens with zero attached hydrogens (tertiary/aromatic N) is 1. The molecule has 0 bridgehead atoms. The Hall–Kier alpha value is -2.00. The van der Waals surface area contributed by atoms with Crippen LogP contribution < -0.4 is 5.32 Å². The molecule has 0 aromatic heterocycles. The molecule has 1 amide bonds. The van der Waals surface area contributed by atoms with Gasteiger partial charge in [0.1, 0.15) is 6.07 Å². The number of hydrogen-bond acceptors (Lipinski definition) is 5. The molecule has 1 aromatic carbocycles. The van der Waals surface area contributed by atoms with E-state index in [9.17, 15) is 9.59 Å². The van der Waals surface area contributed by atoms with Crippen LogP contribution in [0, 0.1) is 11.3 Å². The lowest BCUT2D eigenvalue weighted by molar-refractivity contribution is -0.140. The number of anilines is 1. The Morgan fingerprint density at radius 3 is 2.76 bits per heavy atom. The van der Waals surface area contributed by atoms with E-state index in [0.29, 0.717) is 29.8 Å². The van der Waals surface area contributed by atoms with Crippen molar-refractivity contribution >= 4 is 29.3 Å². The number of carbonyl (C=O) groups is 2. The lowest BCUT2D eigenvalue weighted by atomic mass is 10.2. The number of methoxy groups -OCH3 is 1. The van der Waals surface area contributed by atoms with Crippen molar-refractivity contribution in [2.24, 2.45) is 0 Å². The van der Waals surface area contributed by atoms with Gasteiger partial charge in [-0.1, -0.05) is 12.1 Å². The molecule has 0 saturated heterocycles. The quantitative estimate of drug-likeness (QED) is 0.590. The number of carbonyl (C=O) groups excluding carboxylic acids is 2. The molecule has 0 radical (unpaired) electrons. The van der Waals surface area contributed by atoms with Crippen molar-refractivity contribution in [3.8, 4) is 6.07 Å². The first-order chi connectivity index (χ1) is 10.2. The number of benzene rings is 1. The smallest absolute Gasteiger partial charge is 0.306 e. The van der Waals surface area contributed by atoms with Crippen molar-refractivity contribution in [3.63, 3.8) is 0 Å². The third kappa shape index (κ3) is 6.82. The zero-order chi connectivity index (χ0) is 15.5. The molecule has 0 heterocycles. The van der Waals surface area contributed by atoms with Gasteiger partial charge in [0.2, 0.25) is 5.91 Å². The van der Waals surface area contributed by atoms with E-state index < -0.39 is 0 Å². The minimum Gasteiger partial charge on any atom is -0.469 e. The van der Waals surface area contributed by atoms with E-state index in [1.54, 1.807) is 36.0 Å². The van der Waals surface area contributed by atoms with Crippen LogP contribution in [0.2, 0.25) is 0 Å². The summed E-state index contributed by atoms with van der Waals surface area (Å²) >= 11 is 1.62. The molecular weight excluding hydrogens is 288 g/mol. The van der Waals surface area contributed by atoms with Crippen molar-refractivity contribution in [2.45, 2.75) is 19.3 Å². The average Bonchev–Trinajstić information content (AvgIpc) is 2.50. The van der Waals surface area contributed by atoms with Crippen molar-refractivity contribution in [1.82, 2.24) is 0 Å². The number of amides is 1. The number of esters is 1. The third-order valence-corrected chi connectivity index (χ3v) is 3.76. The van der Waals surface area contributed by atoms with Crippen LogP contribution in [0.25, 0.3) is 0 Å². The maximum atomic E-state index is 11.8. The maximum absolute atomic E-state index is 11.8. The van der Waals surface area contributed by atoms with Crippen LogP contribution in [0.5, 0.6) is 0 Å². The highest BCUT2D eigenvalue weighted by atomic mass is 32.2. The van der Waals surface area contributed by atoms with Gasteiger partial charge >= 0.3 is 5.97 Å². The Balaban J connectivity index is 2.20. The average molecular weight is 306 g/mol. The molecule has 21 heavy (non-hydrogen) atoms. The van der Waals surface area contributed by atoms with E-state index in [2.05, 4.69) is 10.1 Å². The SMILES string of the molecule is COC(=O)CCSCCCC(=O)Nc1ccccc1C#N. The first-order valence-corrected chi connectivity index (χ1v) is 7.76. The van der Waals surface area contributed by atoms with Gasteiger partial charge in [-0.2, -0.15) is 17.0 Å². The Morgan fingerprint density at radius 1 is 1.29 bits per heavy atom. The van der Waals surface area contributed by atoms with Gasteiger partial charge in [-0.25, -0.2) is 0 Å². The van der Waals surface area contributed by atoms with Crippen molar-refractivity contribution in [1.29, 1.82) is 5.26 Å². The van der Waals surface area contributed by atoms with Gasteiger partial charge in [-0.3, -0.25) is 9.59 Å². The van der Waals surface area contributed by atoms with Crippen LogP contribution in [0.3, 0.4) is 0 Å². The third-order valence-electron chi connectivity index (χ3n) is 2.69. The summed E-state index contributed by atoms with van der Waals surface area (Å²) < 4.78 is 4.54. The van der Waals surface area contributed by atoms with Gasteiger partial charge in [-0.15, -0.1) is 0 Å². The van der Waals surface area contributed by atoms with Crippen LogP contribution in [0.1, 0.15) is 24.8 Å². The number of nitrogens with one attached hydrogen (secondary N) is 1. The fourth-order valence-corrected chi connectivity index (χ4v) is 2.46. The Labute approximate surface area is 128 Å². The molecular formula is C15H18N2O3S. The van der Waals surface area contributed by atoms with E-state index in [1.165, 1.54) is 7.11 Å². The van der Waals surface area contributed by atoms with E-state index in [1.807, 2.05) is 6.07 Å².